The summed E-state index contributed by atoms with van der Waals surface area (Å²) < 4.78 is 16.3. The molecule has 2 aliphatic rings. The number of fused-ring (bicyclic) bond motifs is 1. The molecule has 1 aliphatic heterocycles. The number of rotatable bonds is 6. The first-order chi connectivity index (χ1) is 15.6. The number of nitrogens with zero attached hydrogens (tertiary/aromatic N) is 7. The lowest BCUT2D eigenvalue weighted by Crippen LogP contribution is -2.30. The summed E-state index contributed by atoms with van der Waals surface area (Å²) in [5.74, 6) is -0.128. The number of anilines is 1. The van der Waals surface area contributed by atoms with Gasteiger partial charge in [0.25, 0.3) is 0 Å². The molecule has 0 radical (unpaired) electrons. The van der Waals surface area contributed by atoms with Gasteiger partial charge in [0.2, 0.25) is 11.8 Å². The molecule has 0 aromatic carbocycles. The summed E-state index contributed by atoms with van der Waals surface area (Å²) >= 11 is 0.0235. The van der Waals surface area contributed by atoms with Gasteiger partial charge >= 0.3 is 0 Å². The van der Waals surface area contributed by atoms with Crippen molar-refractivity contribution in [1.29, 1.82) is 5.26 Å². The van der Waals surface area contributed by atoms with Gasteiger partial charge in [-0.2, -0.15) is 10.4 Å². The molecule has 32 heavy (non-hydrogen) atoms. The molecule has 1 aliphatic carbocycles. The van der Waals surface area contributed by atoms with Crippen molar-refractivity contribution in [3.63, 3.8) is 0 Å². The Morgan fingerprint density at radius 3 is 2.66 bits per heavy atom. The maximum absolute atomic E-state index is 13.3. The fraction of sp³-hybridized carbons (Fsp3) is 0.429. The maximum Gasteiger partial charge on any atom is 0.235 e. The van der Waals surface area contributed by atoms with Crippen LogP contribution in [0.5, 0.6) is 0 Å². The largest absolute Gasteiger partial charge is 0.274 e. The van der Waals surface area contributed by atoms with Gasteiger partial charge in [0.05, 0.1) is 29.8 Å². The minimum Gasteiger partial charge on any atom is -0.274 e. The van der Waals surface area contributed by atoms with Crippen LogP contribution in [-0.2, 0) is 9.59 Å². The normalized spacial score (nSPS) is 18.1. The number of carbonyl (C=O) groups excluding carboxylic acids is 2. The number of amides is 2. The van der Waals surface area contributed by atoms with Crippen molar-refractivity contribution < 1.29 is 13.5 Å². The van der Waals surface area contributed by atoms with Crippen LogP contribution in [0, 0.1) is 17.2 Å². The molecule has 0 spiro atoms. The highest BCUT2D eigenvalue weighted by Crippen LogP contribution is 2.40. The highest BCUT2D eigenvalue weighted by Gasteiger charge is 2.36. The van der Waals surface area contributed by atoms with E-state index in [1.165, 1.54) is 10.3 Å². The van der Waals surface area contributed by atoms with Crippen LogP contribution in [0.15, 0.2) is 24.8 Å². The third kappa shape index (κ3) is 3.35. The molecule has 1 saturated heterocycles. The molecular formula is C21H20FN7O2S. The molecule has 3 aromatic rings. The third-order valence-corrected chi connectivity index (χ3v) is 6.78. The van der Waals surface area contributed by atoms with Gasteiger partial charge < -0.3 is 0 Å². The predicted molar refractivity (Wildman–Crippen MR) is 116 cm³/mol. The lowest BCUT2D eigenvalue weighted by Gasteiger charge is -2.21. The van der Waals surface area contributed by atoms with E-state index in [1.807, 2.05) is 0 Å². The molecule has 1 unspecified atom stereocenters. The standard InChI is InChI=1S/C21H20FN7O2S/c22-32-28-10-8-14-19(24-12-25-20(14)28)15-11-27(16(7-9-23)13-3-1-2-4-13)26-21(15)29-17(30)5-6-18(29)31/h8,10-13,16H,1-7H2. The quantitative estimate of drug-likeness (QED) is 0.519. The van der Waals surface area contributed by atoms with Gasteiger partial charge in [-0.05, 0) is 24.8 Å². The lowest BCUT2D eigenvalue weighted by molar-refractivity contribution is -0.121. The predicted octanol–water partition coefficient (Wildman–Crippen LogP) is 3.97. The van der Waals surface area contributed by atoms with Crippen LogP contribution >= 0.6 is 12.3 Å². The Labute approximate surface area is 187 Å². The minimum atomic E-state index is -0.318. The number of aromatic nitrogens is 5. The molecule has 1 saturated carbocycles. The number of nitriles is 1. The highest BCUT2D eigenvalue weighted by molar-refractivity contribution is 7.92. The van der Waals surface area contributed by atoms with E-state index >= 15 is 0 Å². The van der Waals surface area contributed by atoms with Crippen molar-refractivity contribution in [2.24, 2.45) is 5.92 Å². The zero-order valence-electron chi connectivity index (χ0n) is 17.1. The van der Waals surface area contributed by atoms with Crippen LogP contribution < -0.4 is 4.90 Å². The zero-order chi connectivity index (χ0) is 22.2. The summed E-state index contributed by atoms with van der Waals surface area (Å²) in [6.07, 6.45) is 9.39. The summed E-state index contributed by atoms with van der Waals surface area (Å²) in [4.78, 5) is 34.8. The number of imide groups is 1. The molecule has 11 heteroatoms. The zero-order valence-corrected chi connectivity index (χ0v) is 18.0. The van der Waals surface area contributed by atoms with E-state index in [0.29, 0.717) is 28.2 Å². The average molecular weight is 454 g/mol. The number of halogens is 1. The van der Waals surface area contributed by atoms with E-state index in [0.717, 1.165) is 30.6 Å². The van der Waals surface area contributed by atoms with Crippen LogP contribution in [0.4, 0.5) is 9.70 Å². The van der Waals surface area contributed by atoms with Crippen LogP contribution in [0.1, 0.15) is 51.0 Å². The van der Waals surface area contributed by atoms with E-state index in [-0.39, 0.29) is 55.3 Å². The average Bonchev–Trinajstić information content (AvgIpc) is 3.58. The molecule has 2 fully saturated rings. The van der Waals surface area contributed by atoms with Gasteiger partial charge in [0, 0.05) is 30.6 Å². The van der Waals surface area contributed by atoms with E-state index in [1.54, 1.807) is 23.1 Å². The SMILES string of the molecule is N#CCC(C1CCCC1)n1cc(-c2ncnc3c2ccn3SF)c(N2C(=O)CCC2=O)n1. The topological polar surface area (TPSA) is 110 Å². The Morgan fingerprint density at radius 1 is 1.22 bits per heavy atom. The first-order valence-corrected chi connectivity index (χ1v) is 11.2. The lowest BCUT2D eigenvalue weighted by atomic mass is 9.96. The van der Waals surface area contributed by atoms with Crippen molar-refractivity contribution in [1.82, 2.24) is 23.7 Å². The van der Waals surface area contributed by atoms with Gasteiger partial charge in [-0.25, -0.2) is 18.8 Å². The monoisotopic (exact) mass is 453 g/mol. The van der Waals surface area contributed by atoms with Crippen molar-refractivity contribution in [3.05, 3.63) is 24.8 Å². The minimum absolute atomic E-state index is 0.0235. The van der Waals surface area contributed by atoms with Gasteiger partial charge in [-0.3, -0.25) is 14.3 Å². The number of carbonyl (C=O) groups is 2. The summed E-state index contributed by atoms with van der Waals surface area (Å²) in [5, 5.41) is 14.7. The second-order valence-electron chi connectivity index (χ2n) is 8.11. The van der Waals surface area contributed by atoms with Crippen molar-refractivity contribution in [2.75, 3.05) is 4.90 Å². The molecule has 164 valence electrons. The van der Waals surface area contributed by atoms with Gasteiger partial charge in [-0.1, -0.05) is 12.8 Å². The molecule has 0 bridgehead atoms. The van der Waals surface area contributed by atoms with E-state index in [9.17, 15) is 18.7 Å². The van der Waals surface area contributed by atoms with E-state index in [4.69, 9.17) is 0 Å². The number of hydrogen-bond acceptors (Lipinski definition) is 7. The highest BCUT2D eigenvalue weighted by atomic mass is 32.2. The summed E-state index contributed by atoms with van der Waals surface area (Å²) in [7, 11) is 0. The van der Waals surface area contributed by atoms with Crippen LogP contribution in [0.25, 0.3) is 22.3 Å². The Bertz CT molecular complexity index is 1220. The summed E-state index contributed by atoms with van der Waals surface area (Å²) in [6.45, 7) is 0. The third-order valence-electron chi connectivity index (χ3n) is 6.34. The fourth-order valence-corrected chi connectivity index (χ4v) is 5.13. The molecule has 3 aromatic heterocycles. The molecule has 4 heterocycles. The second-order valence-corrected chi connectivity index (χ2v) is 8.64. The Hall–Kier alpha value is -3.26. The second kappa shape index (κ2) is 8.35. The van der Waals surface area contributed by atoms with Crippen molar-refractivity contribution >= 4 is 41.0 Å². The van der Waals surface area contributed by atoms with Crippen LogP contribution in [0.2, 0.25) is 0 Å². The molecule has 1 atom stereocenters. The van der Waals surface area contributed by atoms with Gasteiger partial charge in [0.1, 0.15) is 6.33 Å². The smallest absolute Gasteiger partial charge is 0.235 e. The first kappa shape index (κ1) is 20.6. The van der Waals surface area contributed by atoms with E-state index in [2.05, 4.69) is 21.1 Å². The Morgan fingerprint density at radius 2 is 1.97 bits per heavy atom. The number of hydrogen-bond donors (Lipinski definition) is 0. The van der Waals surface area contributed by atoms with Gasteiger partial charge in [0.15, 0.2) is 23.8 Å². The first-order valence-electron chi connectivity index (χ1n) is 10.6. The molecule has 2 amide bonds. The van der Waals surface area contributed by atoms with Crippen LogP contribution in [-0.4, -0.2) is 35.5 Å². The Kier molecular flexibility index (Phi) is 5.38. The van der Waals surface area contributed by atoms with Crippen LogP contribution in [0.3, 0.4) is 0 Å². The molecule has 0 N–H and O–H groups in total. The maximum atomic E-state index is 13.3. The van der Waals surface area contributed by atoms with E-state index < -0.39 is 0 Å². The molecular weight excluding hydrogens is 433 g/mol. The summed E-state index contributed by atoms with van der Waals surface area (Å²) in [6, 6.07) is 3.79. The van der Waals surface area contributed by atoms with Gasteiger partial charge in [-0.15, -0.1) is 3.89 Å². The Balaban J connectivity index is 1.69. The fourth-order valence-electron chi connectivity index (χ4n) is 4.81. The van der Waals surface area contributed by atoms with Crippen molar-refractivity contribution in [3.8, 4) is 17.3 Å². The molecule has 9 nitrogen and oxygen atoms in total. The molecule has 5 rings (SSSR count). The summed E-state index contributed by atoms with van der Waals surface area (Å²) in [5.41, 5.74) is 1.33. The van der Waals surface area contributed by atoms with Crippen molar-refractivity contribution in [2.45, 2.75) is 51.0 Å².